The molecular formula is C23H22FN3O4S2. The molecule has 10 heteroatoms. The largest absolute Gasteiger partial charge is 0.284 e. The Morgan fingerprint density at radius 2 is 1.67 bits per heavy atom. The zero-order chi connectivity index (χ0) is 23.6. The highest BCUT2D eigenvalue weighted by molar-refractivity contribution is 7.92. The number of hydrazone groups is 1. The van der Waals surface area contributed by atoms with Gasteiger partial charge in [0, 0.05) is 12.1 Å². The number of rotatable bonds is 7. The zero-order valence-corrected chi connectivity index (χ0v) is 19.4. The van der Waals surface area contributed by atoms with E-state index in [9.17, 15) is 21.2 Å². The van der Waals surface area contributed by atoms with Gasteiger partial charge < -0.3 is 0 Å². The lowest BCUT2D eigenvalue weighted by molar-refractivity contribution is 0.370. The van der Waals surface area contributed by atoms with Crippen molar-refractivity contribution in [3.8, 4) is 0 Å². The molecule has 1 aliphatic rings. The number of hydrogen-bond acceptors (Lipinski definition) is 5. The quantitative estimate of drug-likeness (QED) is 0.542. The van der Waals surface area contributed by atoms with E-state index < -0.39 is 31.9 Å². The summed E-state index contributed by atoms with van der Waals surface area (Å²) in [5.41, 5.74) is 2.02. The first kappa shape index (κ1) is 22.9. The van der Waals surface area contributed by atoms with Crippen molar-refractivity contribution in [3.63, 3.8) is 0 Å². The number of anilines is 1. The van der Waals surface area contributed by atoms with Crippen molar-refractivity contribution in [2.45, 2.75) is 24.3 Å². The Hall–Kier alpha value is -3.24. The van der Waals surface area contributed by atoms with Crippen LogP contribution in [0.25, 0.3) is 0 Å². The molecule has 0 radical (unpaired) electrons. The maximum atomic E-state index is 13.9. The Labute approximate surface area is 192 Å². The standard InChI is InChI=1S/C23H22FN3O4S2/c1-2-32(28,29)26-20-13-11-17(12-14-20)22-16-23(18-7-6-8-19(24)15-18)27(25-22)33(30,31)21-9-4-3-5-10-21/h3-15,23,26H,2,16H2,1H3/t23-/m0/s1. The third-order valence-corrected chi connectivity index (χ3v) is 8.27. The minimum Gasteiger partial charge on any atom is -0.284 e. The van der Waals surface area contributed by atoms with Gasteiger partial charge in [0.1, 0.15) is 5.82 Å². The van der Waals surface area contributed by atoms with Crippen LogP contribution in [0.1, 0.15) is 30.5 Å². The van der Waals surface area contributed by atoms with Gasteiger partial charge in [-0.25, -0.2) is 12.8 Å². The van der Waals surface area contributed by atoms with Crippen molar-refractivity contribution in [2.24, 2.45) is 5.10 Å². The second kappa shape index (κ2) is 8.95. The molecule has 0 spiro atoms. The highest BCUT2D eigenvalue weighted by Gasteiger charge is 2.37. The van der Waals surface area contributed by atoms with E-state index in [0.717, 1.165) is 4.41 Å². The number of halogens is 1. The first-order valence-electron chi connectivity index (χ1n) is 10.2. The molecule has 3 aromatic rings. The number of hydrogen-bond donors (Lipinski definition) is 1. The fourth-order valence-corrected chi connectivity index (χ4v) is 5.62. The molecule has 0 aliphatic carbocycles. The van der Waals surface area contributed by atoms with Crippen LogP contribution in [0.15, 0.2) is 88.9 Å². The maximum Gasteiger partial charge on any atom is 0.279 e. The average Bonchev–Trinajstić information content (AvgIpc) is 3.26. The van der Waals surface area contributed by atoms with Crippen molar-refractivity contribution < 1.29 is 21.2 Å². The van der Waals surface area contributed by atoms with Gasteiger partial charge in [0.05, 0.1) is 22.4 Å². The lowest BCUT2D eigenvalue weighted by atomic mass is 9.99. The predicted molar refractivity (Wildman–Crippen MR) is 125 cm³/mol. The van der Waals surface area contributed by atoms with Gasteiger partial charge in [-0.3, -0.25) is 4.72 Å². The summed E-state index contributed by atoms with van der Waals surface area (Å²) in [7, 11) is -7.41. The van der Waals surface area contributed by atoms with Crippen LogP contribution in [0.5, 0.6) is 0 Å². The van der Waals surface area contributed by atoms with Crippen LogP contribution in [0, 0.1) is 5.82 Å². The van der Waals surface area contributed by atoms with Crippen molar-refractivity contribution in [1.82, 2.24) is 4.41 Å². The third-order valence-electron chi connectivity index (χ3n) is 5.26. The van der Waals surface area contributed by atoms with E-state index >= 15 is 0 Å². The van der Waals surface area contributed by atoms with Crippen LogP contribution >= 0.6 is 0 Å². The van der Waals surface area contributed by atoms with Crippen LogP contribution in [0.3, 0.4) is 0 Å². The molecule has 1 aliphatic heterocycles. The van der Waals surface area contributed by atoms with Crippen LogP contribution in [0.2, 0.25) is 0 Å². The number of nitrogens with one attached hydrogen (secondary N) is 1. The highest BCUT2D eigenvalue weighted by atomic mass is 32.2. The molecule has 0 unspecified atom stereocenters. The third kappa shape index (κ3) is 4.91. The van der Waals surface area contributed by atoms with Crippen molar-refractivity contribution in [1.29, 1.82) is 0 Å². The maximum absolute atomic E-state index is 13.9. The number of sulfonamides is 2. The monoisotopic (exact) mass is 487 g/mol. The van der Waals surface area contributed by atoms with Gasteiger partial charge in [-0.1, -0.05) is 42.5 Å². The van der Waals surface area contributed by atoms with E-state index in [-0.39, 0.29) is 17.1 Å². The fraction of sp³-hybridized carbons (Fsp3) is 0.174. The van der Waals surface area contributed by atoms with Crippen LogP contribution in [-0.2, 0) is 20.0 Å². The molecule has 7 nitrogen and oxygen atoms in total. The van der Waals surface area contributed by atoms with Gasteiger partial charge in [0.15, 0.2) is 0 Å². The second-order valence-electron chi connectivity index (χ2n) is 7.50. The normalized spacial score (nSPS) is 16.5. The van der Waals surface area contributed by atoms with Crippen LogP contribution < -0.4 is 4.72 Å². The topological polar surface area (TPSA) is 95.9 Å². The lowest BCUT2D eigenvalue weighted by Gasteiger charge is -2.23. The average molecular weight is 488 g/mol. The SMILES string of the molecule is CCS(=O)(=O)Nc1ccc(C2=NN(S(=O)(=O)c3ccccc3)[C@H](c3cccc(F)c3)C2)cc1. The molecule has 172 valence electrons. The van der Waals surface area contributed by atoms with E-state index in [1.165, 1.54) is 37.3 Å². The lowest BCUT2D eigenvalue weighted by Crippen LogP contribution is -2.27. The summed E-state index contributed by atoms with van der Waals surface area (Å²) in [4.78, 5) is 0.0840. The van der Waals surface area contributed by atoms with Gasteiger partial charge in [-0.2, -0.15) is 17.9 Å². The zero-order valence-electron chi connectivity index (χ0n) is 17.7. The number of benzene rings is 3. The van der Waals surface area contributed by atoms with Crippen LogP contribution in [0.4, 0.5) is 10.1 Å². The molecule has 1 N–H and O–H groups in total. The Morgan fingerprint density at radius 3 is 2.30 bits per heavy atom. The van der Waals surface area contributed by atoms with Gasteiger partial charge in [-0.05, 0) is 54.4 Å². The molecule has 0 bridgehead atoms. The predicted octanol–water partition coefficient (Wildman–Crippen LogP) is 4.13. The molecule has 1 heterocycles. The summed E-state index contributed by atoms with van der Waals surface area (Å²) in [5, 5.41) is 4.42. The minimum atomic E-state index is -3.99. The smallest absolute Gasteiger partial charge is 0.279 e. The highest BCUT2D eigenvalue weighted by Crippen LogP contribution is 2.37. The summed E-state index contributed by atoms with van der Waals surface area (Å²) in [5.74, 6) is -0.520. The van der Waals surface area contributed by atoms with E-state index in [4.69, 9.17) is 0 Å². The second-order valence-corrected chi connectivity index (χ2v) is 11.3. The van der Waals surface area contributed by atoms with Crippen molar-refractivity contribution in [3.05, 3.63) is 95.8 Å². The van der Waals surface area contributed by atoms with E-state index in [0.29, 0.717) is 22.5 Å². The molecule has 1 atom stereocenters. The van der Waals surface area contributed by atoms with Crippen LogP contribution in [-0.4, -0.2) is 32.7 Å². The summed E-state index contributed by atoms with van der Waals surface area (Å²) in [6.07, 6.45) is 0.232. The Balaban J connectivity index is 1.72. The van der Waals surface area contributed by atoms with Gasteiger partial charge in [0.2, 0.25) is 10.0 Å². The Bertz CT molecular complexity index is 1390. The fourth-order valence-electron chi connectivity index (χ4n) is 3.53. The summed E-state index contributed by atoms with van der Waals surface area (Å²) < 4.78 is 67.7. The molecule has 3 aromatic carbocycles. The molecule has 0 fully saturated rings. The Morgan fingerprint density at radius 1 is 0.970 bits per heavy atom. The molecule has 0 saturated heterocycles. The van der Waals surface area contributed by atoms with Gasteiger partial charge >= 0.3 is 0 Å². The minimum absolute atomic E-state index is 0.0525. The van der Waals surface area contributed by atoms with E-state index in [2.05, 4.69) is 9.82 Å². The molecule has 0 aromatic heterocycles. The molecule has 33 heavy (non-hydrogen) atoms. The summed E-state index contributed by atoms with van der Waals surface area (Å²) in [6, 6.07) is 19.6. The summed E-state index contributed by atoms with van der Waals surface area (Å²) in [6.45, 7) is 1.54. The number of nitrogens with zero attached hydrogens (tertiary/aromatic N) is 2. The molecule has 4 rings (SSSR count). The Kier molecular flexibility index (Phi) is 6.22. The summed E-state index contributed by atoms with van der Waals surface area (Å²) >= 11 is 0. The van der Waals surface area contributed by atoms with E-state index in [1.54, 1.807) is 48.5 Å². The first-order chi connectivity index (χ1) is 15.7. The van der Waals surface area contributed by atoms with E-state index in [1.807, 2.05) is 0 Å². The van der Waals surface area contributed by atoms with Gasteiger partial charge in [0.25, 0.3) is 10.0 Å². The van der Waals surface area contributed by atoms with Crippen molar-refractivity contribution >= 4 is 31.4 Å². The first-order valence-corrected chi connectivity index (χ1v) is 13.3. The van der Waals surface area contributed by atoms with Crippen molar-refractivity contribution in [2.75, 3.05) is 10.5 Å². The molecule has 0 amide bonds. The molecule has 0 saturated carbocycles. The van der Waals surface area contributed by atoms with Gasteiger partial charge in [-0.15, -0.1) is 0 Å². The molecular weight excluding hydrogens is 465 g/mol.